The fourth-order valence-electron chi connectivity index (χ4n) is 1.64. The van der Waals surface area contributed by atoms with E-state index in [-0.39, 0.29) is 16.0 Å². The molecule has 0 bridgehead atoms. The molecule has 0 atom stereocenters. The van der Waals surface area contributed by atoms with Crippen molar-refractivity contribution in [3.63, 3.8) is 0 Å². The van der Waals surface area contributed by atoms with E-state index in [2.05, 4.69) is 15.6 Å². The van der Waals surface area contributed by atoms with Gasteiger partial charge in [0, 0.05) is 30.2 Å². The van der Waals surface area contributed by atoms with Crippen LogP contribution in [0.2, 0.25) is 15.1 Å². The Balaban J connectivity index is 2.33. The third-order valence-electron chi connectivity index (χ3n) is 2.58. The van der Waals surface area contributed by atoms with Crippen molar-refractivity contribution < 1.29 is 4.79 Å². The molecule has 0 saturated heterocycles. The summed E-state index contributed by atoms with van der Waals surface area (Å²) in [5.74, 6) is -0.367. The summed E-state index contributed by atoms with van der Waals surface area (Å²) >= 11 is 17.9. The number of carbonyl (C=O) groups excluding carboxylic acids is 1. The molecule has 0 unspecified atom stereocenters. The van der Waals surface area contributed by atoms with Crippen molar-refractivity contribution in [2.24, 2.45) is 0 Å². The average Bonchev–Trinajstić information content (AvgIpc) is 2.42. The molecule has 1 heterocycles. The van der Waals surface area contributed by atoms with Gasteiger partial charge in [0.2, 0.25) is 0 Å². The molecule has 1 aromatic heterocycles. The molecule has 0 aliphatic rings. The SMILES string of the molecule is CNc1ccncc1C(=O)Nc1c(Cl)cc(Cl)cc1Cl. The van der Waals surface area contributed by atoms with Crippen LogP contribution < -0.4 is 10.6 Å². The second-order valence-electron chi connectivity index (χ2n) is 3.87. The topological polar surface area (TPSA) is 54.0 Å². The Morgan fingerprint density at radius 2 is 1.85 bits per heavy atom. The van der Waals surface area contributed by atoms with Crippen molar-refractivity contribution in [3.8, 4) is 0 Å². The minimum Gasteiger partial charge on any atom is -0.387 e. The van der Waals surface area contributed by atoms with Crippen molar-refractivity contribution >= 4 is 52.1 Å². The second kappa shape index (κ2) is 6.31. The molecule has 1 amide bonds. The monoisotopic (exact) mass is 329 g/mol. The van der Waals surface area contributed by atoms with Gasteiger partial charge in [-0.15, -0.1) is 0 Å². The van der Waals surface area contributed by atoms with Crippen LogP contribution in [0.25, 0.3) is 0 Å². The molecule has 0 radical (unpaired) electrons. The predicted molar refractivity (Wildman–Crippen MR) is 83.2 cm³/mol. The minimum absolute atomic E-state index is 0.269. The van der Waals surface area contributed by atoms with Crippen LogP contribution in [0.4, 0.5) is 11.4 Å². The zero-order chi connectivity index (χ0) is 14.7. The summed E-state index contributed by atoms with van der Waals surface area (Å²) in [5, 5.41) is 6.50. The lowest BCUT2D eigenvalue weighted by molar-refractivity contribution is 0.102. The third-order valence-corrected chi connectivity index (χ3v) is 3.39. The summed E-state index contributed by atoms with van der Waals surface area (Å²) in [5.41, 5.74) is 1.35. The van der Waals surface area contributed by atoms with Gasteiger partial charge in [0.25, 0.3) is 5.91 Å². The van der Waals surface area contributed by atoms with Gasteiger partial charge in [0.15, 0.2) is 0 Å². The summed E-state index contributed by atoms with van der Waals surface area (Å²) < 4.78 is 0. The molecular weight excluding hydrogens is 321 g/mol. The molecule has 0 saturated carbocycles. The molecule has 4 nitrogen and oxygen atoms in total. The lowest BCUT2D eigenvalue weighted by Crippen LogP contribution is -2.15. The first kappa shape index (κ1) is 14.9. The van der Waals surface area contributed by atoms with Crippen molar-refractivity contribution in [3.05, 3.63) is 51.2 Å². The van der Waals surface area contributed by atoms with Gasteiger partial charge in [-0.1, -0.05) is 34.8 Å². The van der Waals surface area contributed by atoms with E-state index in [1.165, 1.54) is 18.3 Å². The van der Waals surface area contributed by atoms with Crippen LogP contribution in [-0.2, 0) is 0 Å². The van der Waals surface area contributed by atoms with E-state index in [4.69, 9.17) is 34.8 Å². The van der Waals surface area contributed by atoms with Crippen molar-refractivity contribution in [2.75, 3.05) is 17.7 Å². The molecule has 0 aliphatic carbocycles. The van der Waals surface area contributed by atoms with Gasteiger partial charge in [0.1, 0.15) is 0 Å². The van der Waals surface area contributed by atoms with Crippen LogP contribution in [-0.4, -0.2) is 17.9 Å². The number of carbonyl (C=O) groups is 1. The average molecular weight is 331 g/mol. The van der Waals surface area contributed by atoms with Crippen LogP contribution in [0.15, 0.2) is 30.6 Å². The molecule has 7 heteroatoms. The van der Waals surface area contributed by atoms with Gasteiger partial charge >= 0.3 is 0 Å². The number of benzene rings is 1. The van der Waals surface area contributed by atoms with Crippen molar-refractivity contribution in [2.45, 2.75) is 0 Å². The lowest BCUT2D eigenvalue weighted by atomic mass is 10.2. The van der Waals surface area contributed by atoms with Crippen LogP contribution in [0.5, 0.6) is 0 Å². The molecule has 1 aromatic carbocycles. The Hall–Kier alpha value is -1.49. The zero-order valence-electron chi connectivity index (χ0n) is 10.4. The Morgan fingerprint density at radius 1 is 1.20 bits per heavy atom. The molecule has 2 N–H and O–H groups in total. The lowest BCUT2D eigenvalue weighted by Gasteiger charge is -2.12. The summed E-state index contributed by atoms with van der Waals surface area (Å²) in [6.07, 6.45) is 3.05. The number of halogens is 3. The van der Waals surface area contributed by atoms with Gasteiger partial charge in [-0.3, -0.25) is 9.78 Å². The highest BCUT2D eigenvalue weighted by Gasteiger charge is 2.15. The van der Waals surface area contributed by atoms with E-state index in [9.17, 15) is 4.79 Å². The van der Waals surface area contributed by atoms with Gasteiger partial charge in [-0.05, 0) is 18.2 Å². The number of rotatable bonds is 3. The minimum atomic E-state index is -0.367. The smallest absolute Gasteiger partial charge is 0.259 e. The number of nitrogens with zero attached hydrogens (tertiary/aromatic N) is 1. The van der Waals surface area contributed by atoms with E-state index in [1.807, 2.05) is 0 Å². The molecule has 20 heavy (non-hydrogen) atoms. The summed E-state index contributed by atoms with van der Waals surface area (Å²) in [6.45, 7) is 0. The maximum atomic E-state index is 12.2. The van der Waals surface area contributed by atoms with Gasteiger partial charge in [-0.25, -0.2) is 0 Å². The molecular formula is C13H10Cl3N3O. The predicted octanol–water partition coefficient (Wildman–Crippen LogP) is 4.34. The Morgan fingerprint density at radius 3 is 2.45 bits per heavy atom. The Labute approximate surface area is 131 Å². The van der Waals surface area contributed by atoms with E-state index >= 15 is 0 Å². The number of hydrogen-bond acceptors (Lipinski definition) is 3. The number of anilines is 2. The zero-order valence-corrected chi connectivity index (χ0v) is 12.6. The molecule has 0 fully saturated rings. The first-order valence-electron chi connectivity index (χ1n) is 5.60. The second-order valence-corrected chi connectivity index (χ2v) is 5.12. The highest BCUT2D eigenvalue weighted by atomic mass is 35.5. The van der Waals surface area contributed by atoms with E-state index in [1.54, 1.807) is 19.3 Å². The fraction of sp³-hybridized carbons (Fsp3) is 0.0769. The van der Waals surface area contributed by atoms with Crippen LogP contribution in [0.3, 0.4) is 0 Å². The standard InChI is InChI=1S/C13H10Cl3N3O/c1-17-11-2-3-18-6-8(11)13(20)19-12-9(15)4-7(14)5-10(12)16/h2-6H,1H3,(H,17,18)(H,19,20). The van der Waals surface area contributed by atoms with Crippen LogP contribution in [0.1, 0.15) is 10.4 Å². The molecule has 104 valence electrons. The van der Waals surface area contributed by atoms with E-state index in [0.717, 1.165) is 0 Å². The third kappa shape index (κ3) is 3.15. The molecule has 2 aromatic rings. The molecule has 0 aliphatic heterocycles. The number of hydrogen-bond donors (Lipinski definition) is 2. The number of pyridine rings is 1. The highest BCUT2D eigenvalue weighted by molar-refractivity contribution is 6.42. The fourth-order valence-corrected chi connectivity index (χ4v) is 2.55. The molecule has 0 spiro atoms. The van der Waals surface area contributed by atoms with E-state index in [0.29, 0.717) is 22.0 Å². The normalized spacial score (nSPS) is 10.2. The summed E-state index contributed by atoms with van der Waals surface area (Å²) in [4.78, 5) is 16.2. The Kier molecular flexibility index (Phi) is 4.70. The van der Waals surface area contributed by atoms with Gasteiger partial charge in [-0.2, -0.15) is 0 Å². The van der Waals surface area contributed by atoms with Crippen molar-refractivity contribution in [1.29, 1.82) is 0 Å². The maximum absolute atomic E-state index is 12.2. The quantitative estimate of drug-likeness (QED) is 0.880. The number of nitrogens with one attached hydrogen (secondary N) is 2. The van der Waals surface area contributed by atoms with Crippen LogP contribution >= 0.6 is 34.8 Å². The van der Waals surface area contributed by atoms with Gasteiger partial charge in [0.05, 0.1) is 21.3 Å². The Bertz CT molecular complexity index is 638. The molecule has 2 rings (SSSR count). The first-order valence-corrected chi connectivity index (χ1v) is 6.74. The van der Waals surface area contributed by atoms with E-state index < -0.39 is 0 Å². The number of amides is 1. The maximum Gasteiger partial charge on any atom is 0.259 e. The number of aromatic nitrogens is 1. The van der Waals surface area contributed by atoms with Crippen molar-refractivity contribution in [1.82, 2.24) is 4.98 Å². The summed E-state index contributed by atoms with van der Waals surface area (Å²) in [7, 11) is 1.72. The summed E-state index contributed by atoms with van der Waals surface area (Å²) in [6, 6.07) is 4.71. The van der Waals surface area contributed by atoms with Gasteiger partial charge < -0.3 is 10.6 Å². The first-order chi connectivity index (χ1) is 9.52. The largest absolute Gasteiger partial charge is 0.387 e. The van der Waals surface area contributed by atoms with Crippen LogP contribution in [0, 0.1) is 0 Å². The highest BCUT2D eigenvalue weighted by Crippen LogP contribution is 2.34.